The highest BCUT2D eigenvalue weighted by molar-refractivity contribution is 14.1. The topological polar surface area (TPSA) is 68.1 Å². The molecule has 0 atom stereocenters. The first-order chi connectivity index (χ1) is 8.97. The molecule has 0 aliphatic rings. The van der Waals surface area contributed by atoms with Gasteiger partial charge < -0.3 is 5.32 Å². The minimum atomic E-state index is -0.495. The van der Waals surface area contributed by atoms with E-state index in [2.05, 4.69) is 32.9 Å². The molecule has 1 aromatic heterocycles. The molecule has 0 fully saturated rings. The number of aryl methyl sites for hydroxylation is 1. The van der Waals surface area contributed by atoms with Crippen LogP contribution >= 0.6 is 34.2 Å². The van der Waals surface area contributed by atoms with E-state index in [4.69, 9.17) is 11.6 Å². The lowest BCUT2D eigenvalue weighted by Gasteiger charge is -2.08. The van der Waals surface area contributed by atoms with Crippen LogP contribution in [0.15, 0.2) is 30.3 Å². The molecule has 0 radical (unpaired) electrons. The molecular weight excluding hydrogens is 381 g/mol. The summed E-state index contributed by atoms with van der Waals surface area (Å²) in [4.78, 5) is 14.4. The van der Waals surface area contributed by atoms with Gasteiger partial charge in [0.15, 0.2) is 0 Å². The molecule has 2 aromatic rings. The number of nitrogens with zero attached hydrogens (tertiary/aromatic N) is 2. The Kier molecular flexibility index (Phi) is 4.20. The molecule has 0 bridgehead atoms. The monoisotopic (exact) mass is 389 g/mol. The van der Waals surface area contributed by atoms with E-state index in [0.717, 1.165) is 14.8 Å². The van der Waals surface area contributed by atoms with E-state index in [9.17, 15) is 10.1 Å². The van der Waals surface area contributed by atoms with Crippen molar-refractivity contribution in [3.63, 3.8) is 0 Å². The molecule has 0 aliphatic carbocycles. The Labute approximate surface area is 128 Å². The molecule has 0 saturated carbocycles. The second kappa shape index (κ2) is 5.70. The van der Waals surface area contributed by atoms with E-state index in [0.29, 0.717) is 0 Å². The maximum atomic E-state index is 10.9. The Morgan fingerprint density at radius 2 is 2.11 bits per heavy atom. The molecule has 1 heterocycles. The number of rotatable bonds is 3. The van der Waals surface area contributed by atoms with Gasteiger partial charge in [-0.15, -0.1) is 0 Å². The van der Waals surface area contributed by atoms with Gasteiger partial charge in [-0.2, -0.15) is 0 Å². The molecule has 0 spiro atoms. The van der Waals surface area contributed by atoms with Crippen molar-refractivity contribution in [2.75, 3.05) is 5.32 Å². The van der Waals surface area contributed by atoms with Gasteiger partial charge in [-0.1, -0.05) is 17.7 Å². The quantitative estimate of drug-likeness (QED) is 0.368. The molecule has 0 unspecified atom stereocenters. The van der Waals surface area contributed by atoms with Crippen LogP contribution in [-0.4, -0.2) is 9.91 Å². The molecule has 5 nitrogen and oxygen atoms in total. The smallest absolute Gasteiger partial charge is 0.311 e. The lowest BCUT2D eigenvalue weighted by atomic mass is 10.2. The van der Waals surface area contributed by atoms with Crippen molar-refractivity contribution in [1.29, 1.82) is 0 Å². The van der Waals surface area contributed by atoms with Gasteiger partial charge in [0.05, 0.1) is 4.92 Å². The Hall–Kier alpha value is -1.41. The number of halogens is 2. The van der Waals surface area contributed by atoms with Crippen LogP contribution in [0.25, 0.3) is 0 Å². The zero-order valence-electron chi connectivity index (χ0n) is 9.85. The molecule has 1 aromatic carbocycles. The van der Waals surface area contributed by atoms with Gasteiger partial charge in [-0.3, -0.25) is 10.1 Å². The maximum absolute atomic E-state index is 10.9. The average molecular weight is 390 g/mol. The summed E-state index contributed by atoms with van der Waals surface area (Å²) in [6, 6.07) is 8.38. The number of aromatic nitrogens is 1. The van der Waals surface area contributed by atoms with Gasteiger partial charge in [-0.25, -0.2) is 4.98 Å². The number of pyridine rings is 1. The van der Waals surface area contributed by atoms with Gasteiger partial charge in [0.25, 0.3) is 0 Å². The largest absolute Gasteiger partial charge is 0.334 e. The summed E-state index contributed by atoms with van der Waals surface area (Å²) in [5.74, 6) is 0.136. The Balaban J connectivity index is 2.39. The summed E-state index contributed by atoms with van der Waals surface area (Å²) in [6.07, 6.45) is 0. The summed E-state index contributed by atoms with van der Waals surface area (Å²) in [7, 11) is 0. The van der Waals surface area contributed by atoms with Crippen molar-refractivity contribution < 1.29 is 4.92 Å². The standard InChI is InChI=1S/C12H9ClIN3O2/c1-7-2-3-8(6-9(7)14)15-12-10(17(18)19)4-5-11(13)16-12/h2-6H,1H3,(H,15,16). The van der Waals surface area contributed by atoms with Gasteiger partial charge >= 0.3 is 5.69 Å². The van der Waals surface area contributed by atoms with Gasteiger partial charge in [0.2, 0.25) is 5.82 Å². The second-order valence-electron chi connectivity index (χ2n) is 3.85. The average Bonchev–Trinajstić information content (AvgIpc) is 2.33. The minimum Gasteiger partial charge on any atom is -0.334 e. The highest BCUT2D eigenvalue weighted by atomic mass is 127. The normalized spacial score (nSPS) is 10.3. The minimum absolute atomic E-state index is 0.111. The van der Waals surface area contributed by atoms with Crippen LogP contribution in [0.1, 0.15) is 5.56 Å². The molecular formula is C12H9ClIN3O2. The molecule has 7 heteroatoms. The van der Waals surface area contributed by atoms with Crippen molar-refractivity contribution in [3.05, 3.63) is 54.7 Å². The number of anilines is 2. The van der Waals surface area contributed by atoms with Crippen LogP contribution in [-0.2, 0) is 0 Å². The maximum Gasteiger partial charge on any atom is 0.311 e. The van der Waals surface area contributed by atoms with Gasteiger partial charge in [0, 0.05) is 15.3 Å². The van der Waals surface area contributed by atoms with E-state index in [1.54, 1.807) is 0 Å². The molecule has 0 saturated heterocycles. The first-order valence-corrected chi connectivity index (χ1v) is 6.77. The zero-order chi connectivity index (χ0) is 14.0. The molecule has 0 amide bonds. The van der Waals surface area contributed by atoms with Crippen molar-refractivity contribution in [3.8, 4) is 0 Å². The van der Waals surface area contributed by atoms with Crippen LogP contribution in [0, 0.1) is 20.6 Å². The first-order valence-electron chi connectivity index (χ1n) is 5.31. The van der Waals surface area contributed by atoms with Gasteiger partial charge in [0.1, 0.15) is 5.15 Å². The van der Waals surface area contributed by atoms with E-state index in [-0.39, 0.29) is 16.7 Å². The highest BCUT2D eigenvalue weighted by Crippen LogP contribution is 2.28. The molecule has 0 aliphatic heterocycles. The SMILES string of the molecule is Cc1ccc(Nc2nc(Cl)ccc2[N+](=O)[O-])cc1I. The van der Waals surface area contributed by atoms with Crippen LogP contribution < -0.4 is 5.32 Å². The van der Waals surface area contributed by atoms with Crippen molar-refractivity contribution in [2.24, 2.45) is 0 Å². The van der Waals surface area contributed by atoms with E-state index < -0.39 is 4.92 Å². The zero-order valence-corrected chi connectivity index (χ0v) is 12.8. The lowest BCUT2D eigenvalue weighted by Crippen LogP contribution is -2.00. The van der Waals surface area contributed by atoms with Crippen molar-refractivity contribution >= 4 is 51.4 Å². The predicted molar refractivity (Wildman–Crippen MR) is 83.1 cm³/mol. The summed E-state index contributed by atoms with van der Waals surface area (Å²) in [6.45, 7) is 1.99. The number of hydrogen-bond acceptors (Lipinski definition) is 4. The highest BCUT2D eigenvalue weighted by Gasteiger charge is 2.16. The fourth-order valence-electron chi connectivity index (χ4n) is 1.47. The summed E-state index contributed by atoms with van der Waals surface area (Å²) in [5.41, 5.74) is 1.76. The third-order valence-corrected chi connectivity index (χ3v) is 3.84. The molecule has 1 N–H and O–H groups in total. The van der Waals surface area contributed by atoms with E-state index >= 15 is 0 Å². The number of nitro groups is 1. The lowest BCUT2D eigenvalue weighted by molar-refractivity contribution is -0.384. The summed E-state index contributed by atoms with van der Waals surface area (Å²) in [5, 5.41) is 14.0. The fourth-order valence-corrected chi connectivity index (χ4v) is 2.14. The Bertz CT molecular complexity index is 649. The predicted octanol–water partition coefficient (Wildman–Crippen LogP) is 4.30. The van der Waals surface area contributed by atoms with Gasteiger partial charge in [-0.05, 0) is 53.3 Å². The fraction of sp³-hybridized carbons (Fsp3) is 0.0833. The molecule has 19 heavy (non-hydrogen) atoms. The number of benzene rings is 1. The second-order valence-corrected chi connectivity index (χ2v) is 5.40. The van der Waals surface area contributed by atoms with Crippen LogP contribution in [0.5, 0.6) is 0 Å². The number of nitrogens with one attached hydrogen (secondary N) is 1. The summed E-state index contributed by atoms with van der Waals surface area (Å²) >= 11 is 7.97. The molecule has 2 rings (SSSR count). The van der Waals surface area contributed by atoms with E-state index in [1.807, 2.05) is 25.1 Å². The van der Waals surface area contributed by atoms with Crippen LogP contribution in [0.2, 0.25) is 5.15 Å². The van der Waals surface area contributed by atoms with Crippen molar-refractivity contribution in [2.45, 2.75) is 6.92 Å². The number of hydrogen-bond donors (Lipinski definition) is 1. The van der Waals surface area contributed by atoms with Crippen LogP contribution in [0.4, 0.5) is 17.2 Å². The Morgan fingerprint density at radius 3 is 2.74 bits per heavy atom. The molecule has 98 valence electrons. The van der Waals surface area contributed by atoms with E-state index in [1.165, 1.54) is 12.1 Å². The third-order valence-electron chi connectivity index (χ3n) is 2.47. The Morgan fingerprint density at radius 1 is 1.37 bits per heavy atom. The third kappa shape index (κ3) is 3.32. The first kappa shape index (κ1) is 14.0. The van der Waals surface area contributed by atoms with Crippen molar-refractivity contribution in [1.82, 2.24) is 4.98 Å². The van der Waals surface area contributed by atoms with Crippen LogP contribution in [0.3, 0.4) is 0 Å². The summed E-state index contributed by atoms with van der Waals surface area (Å²) < 4.78 is 1.06.